The van der Waals surface area contributed by atoms with Gasteiger partial charge >= 0.3 is 6.61 Å². The van der Waals surface area contributed by atoms with Gasteiger partial charge in [0, 0.05) is 18.7 Å². The molecule has 2 aromatic rings. The maximum atomic E-state index is 12.5. The molecule has 0 fully saturated rings. The van der Waals surface area contributed by atoms with Gasteiger partial charge in [0.15, 0.2) is 5.96 Å². The third kappa shape index (κ3) is 6.77. The molecule has 0 aliphatic rings. The van der Waals surface area contributed by atoms with E-state index in [1.165, 1.54) is 6.07 Å². The maximum absolute atomic E-state index is 12.5. The Morgan fingerprint density at radius 2 is 1.67 bits per heavy atom. The number of hydrogen-bond donors (Lipinski definition) is 2. The first-order valence-electron chi connectivity index (χ1n) is 8.80. The standard InChI is InChI=1S/C20H25F2N3O2/c1-3-23-20(24-13-12-15-8-4-6-10-17(15)26-2)25-14-16-9-5-7-11-18(16)27-19(21)22/h4-11,19H,3,12-14H2,1-2H3,(H2,23,24,25). The van der Waals surface area contributed by atoms with Crippen molar-refractivity contribution in [2.45, 2.75) is 26.5 Å². The lowest BCUT2D eigenvalue weighted by Crippen LogP contribution is -2.38. The molecule has 146 valence electrons. The van der Waals surface area contributed by atoms with Crippen LogP contribution in [0, 0.1) is 0 Å². The number of alkyl halides is 2. The van der Waals surface area contributed by atoms with Crippen molar-refractivity contribution in [1.29, 1.82) is 0 Å². The molecule has 0 amide bonds. The van der Waals surface area contributed by atoms with Crippen molar-refractivity contribution < 1.29 is 18.3 Å². The number of halogens is 2. The Morgan fingerprint density at radius 3 is 2.33 bits per heavy atom. The van der Waals surface area contributed by atoms with Crippen molar-refractivity contribution in [3.05, 3.63) is 59.7 Å². The van der Waals surface area contributed by atoms with Gasteiger partial charge in [-0.25, -0.2) is 4.99 Å². The summed E-state index contributed by atoms with van der Waals surface area (Å²) < 4.78 is 34.9. The molecule has 2 rings (SSSR count). The Hall–Kier alpha value is -2.83. The first-order chi connectivity index (χ1) is 13.1. The van der Waals surface area contributed by atoms with Crippen molar-refractivity contribution >= 4 is 5.96 Å². The highest BCUT2D eigenvalue weighted by Crippen LogP contribution is 2.21. The first kappa shape index (κ1) is 20.5. The normalized spacial score (nSPS) is 11.4. The minimum absolute atomic E-state index is 0.140. The summed E-state index contributed by atoms with van der Waals surface area (Å²) in [6.07, 6.45) is 0.763. The minimum atomic E-state index is -2.86. The van der Waals surface area contributed by atoms with E-state index in [1.54, 1.807) is 25.3 Å². The number of para-hydroxylation sites is 2. The van der Waals surface area contributed by atoms with E-state index >= 15 is 0 Å². The van der Waals surface area contributed by atoms with Crippen LogP contribution in [0.15, 0.2) is 53.5 Å². The summed E-state index contributed by atoms with van der Waals surface area (Å²) in [4.78, 5) is 4.46. The van der Waals surface area contributed by atoms with Crippen LogP contribution in [0.5, 0.6) is 11.5 Å². The first-order valence-corrected chi connectivity index (χ1v) is 8.80. The number of nitrogens with zero attached hydrogens (tertiary/aromatic N) is 1. The Kier molecular flexibility index (Phi) is 8.35. The van der Waals surface area contributed by atoms with E-state index in [0.717, 1.165) is 17.7 Å². The molecule has 2 aromatic carbocycles. The van der Waals surface area contributed by atoms with Gasteiger partial charge in [-0.15, -0.1) is 0 Å². The van der Waals surface area contributed by atoms with Crippen LogP contribution in [-0.2, 0) is 13.0 Å². The summed E-state index contributed by atoms with van der Waals surface area (Å²) in [7, 11) is 1.65. The van der Waals surface area contributed by atoms with E-state index < -0.39 is 6.61 Å². The molecular weight excluding hydrogens is 352 g/mol. The highest BCUT2D eigenvalue weighted by molar-refractivity contribution is 5.79. The number of rotatable bonds is 9. The van der Waals surface area contributed by atoms with E-state index in [2.05, 4.69) is 20.4 Å². The lowest BCUT2D eigenvalue weighted by Gasteiger charge is -2.13. The fourth-order valence-corrected chi connectivity index (χ4v) is 2.58. The number of methoxy groups -OCH3 is 1. The van der Waals surface area contributed by atoms with Gasteiger partial charge < -0.3 is 20.1 Å². The highest BCUT2D eigenvalue weighted by atomic mass is 19.3. The summed E-state index contributed by atoms with van der Waals surface area (Å²) >= 11 is 0. The van der Waals surface area contributed by atoms with Crippen LogP contribution in [0.4, 0.5) is 8.78 Å². The van der Waals surface area contributed by atoms with E-state index in [4.69, 9.17) is 4.74 Å². The van der Waals surface area contributed by atoms with Crippen LogP contribution in [-0.4, -0.2) is 32.8 Å². The van der Waals surface area contributed by atoms with Gasteiger partial charge in [-0.1, -0.05) is 36.4 Å². The molecule has 0 radical (unpaired) electrons. The molecule has 27 heavy (non-hydrogen) atoms. The fraction of sp³-hybridized carbons (Fsp3) is 0.350. The van der Waals surface area contributed by atoms with Gasteiger partial charge in [0.05, 0.1) is 13.7 Å². The predicted molar refractivity (Wildman–Crippen MR) is 103 cm³/mol. The number of nitrogens with one attached hydrogen (secondary N) is 2. The van der Waals surface area contributed by atoms with Crippen molar-refractivity contribution in [3.63, 3.8) is 0 Å². The largest absolute Gasteiger partial charge is 0.496 e. The smallest absolute Gasteiger partial charge is 0.387 e. The quantitative estimate of drug-likeness (QED) is 0.518. The lowest BCUT2D eigenvalue weighted by molar-refractivity contribution is -0.0504. The van der Waals surface area contributed by atoms with Crippen LogP contribution in [0.2, 0.25) is 0 Å². The van der Waals surface area contributed by atoms with Gasteiger partial charge in [-0.05, 0) is 31.0 Å². The summed E-state index contributed by atoms with van der Waals surface area (Å²) in [5.74, 6) is 1.60. The molecule has 0 unspecified atom stereocenters. The number of aliphatic imine (C=N–C) groups is 1. The zero-order valence-electron chi connectivity index (χ0n) is 15.5. The van der Waals surface area contributed by atoms with Crippen molar-refractivity contribution in [1.82, 2.24) is 10.6 Å². The molecule has 0 heterocycles. The average Bonchev–Trinajstić information content (AvgIpc) is 2.67. The van der Waals surface area contributed by atoms with Crippen molar-refractivity contribution in [2.75, 3.05) is 20.2 Å². The van der Waals surface area contributed by atoms with Gasteiger partial charge in [0.2, 0.25) is 0 Å². The van der Waals surface area contributed by atoms with Crippen LogP contribution >= 0.6 is 0 Å². The SMILES string of the molecule is CCNC(=NCc1ccccc1OC(F)F)NCCc1ccccc1OC. The van der Waals surface area contributed by atoms with Crippen LogP contribution < -0.4 is 20.1 Å². The van der Waals surface area contributed by atoms with E-state index in [1.807, 2.05) is 31.2 Å². The molecule has 0 aliphatic carbocycles. The van der Waals surface area contributed by atoms with E-state index in [0.29, 0.717) is 24.6 Å². The molecule has 0 spiro atoms. The molecule has 0 aromatic heterocycles. The van der Waals surface area contributed by atoms with Crippen LogP contribution in [0.1, 0.15) is 18.1 Å². The van der Waals surface area contributed by atoms with Gasteiger partial charge in [-0.3, -0.25) is 0 Å². The average molecular weight is 377 g/mol. The van der Waals surface area contributed by atoms with E-state index in [9.17, 15) is 8.78 Å². The molecule has 0 atom stereocenters. The second-order valence-electron chi connectivity index (χ2n) is 5.67. The molecule has 5 nitrogen and oxygen atoms in total. The summed E-state index contributed by atoms with van der Waals surface area (Å²) in [6.45, 7) is 0.678. The molecular formula is C20H25F2N3O2. The maximum Gasteiger partial charge on any atom is 0.387 e. The second-order valence-corrected chi connectivity index (χ2v) is 5.67. The molecule has 2 N–H and O–H groups in total. The van der Waals surface area contributed by atoms with Gasteiger partial charge in [0.1, 0.15) is 11.5 Å². The molecule has 0 saturated carbocycles. The summed E-state index contributed by atoms with van der Waals surface area (Å²) in [5, 5.41) is 6.39. The Morgan fingerprint density at radius 1 is 1.00 bits per heavy atom. The van der Waals surface area contributed by atoms with Crippen molar-refractivity contribution in [2.24, 2.45) is 4.99 Å². The number of ether oxygens (including phenoxy) is 2. The molecule has 0 saturated heterocycles. The minimum Gasteiger partial charge on any atom is -0.496 e. The molecule has 0 aliphatic heterocycles. The zero-order chi connectivity index (χ0) is 19.5. The van der Waals surface area contributed by atoms with Crippen LogP contribution in [0.25, 0.3) is 0 Å². The fourth-order valence-electron chi connectivity index (χ4n) is 2.58. The third-order valence-corrected chi connectivity index (χ3v) is 3.82. The Bertz CT molecular complexity index is 739. The summed E-state index contributed by atoms with van der Waals surface area (Å²) in [5.41, 5.74) is 1.69. The number of benzene rings is 2. The number of hydrogen-bond acceptors (Lipinski definition) is 3. The predicted octanol–water partition coefficient (Wildman–Crippen LogP) is 3.59. The topological polar surface area (TPSA) is 54.9 Å². The highest BCUT2D eigenvalue weighted by Gasteiger charge is 2.09. The molecule has 0 bridgehead atoms. The number of guanidine groups is 1. The van der Waals surface area contributed by atoms with Gasteiger partial charge in [0.25, 0.3) is 0 Å². The second kappa shape index (κ2) is 11.0. The summed E-state index contributed by atoms with van der Waals surface area (Å²) in [6, 6.07) is 14.5. The molecule has 7 heteroatoms. The monoisotopic (exact) mass is 377 g/mol. The Labute approximate surface area is 158 Å². The zero-order valence-corrected chi connectivity index (χ0v) is 15.5. The van der Waals surface area contributed by atoms with Crippen LogP contribution in [0.3, 0.4) is 0 Å². The van der Waals surface area contributed by atoms with Gasteiger partial charge in [-0.2, -0.15) is 8.78 Å². The van der Waals surface area contributed by atoms with Crippen molar-refractivity contribution in [3.8, 4) is 11.5 Å². The van der Waals surface area contributed by atoms with E-state index in [-0.39, 0.29) is 12.3 Å². The lowest BCUT2D eigenvalue weighted by atomic mass is 10.1. The third-order valence-electron chi connectivity index (χ3n) is 3.82. The Balaban J connectivity index is 1.98.